The molecule has 0 aromatic rings. The first-order chi connectivity index (χ1) is 8.21. The van der Waals surface area contributed by atoms with Gasteiger partial charge < -0.3 is 9.47 Å². The fourth-order valence-electron chi connectivity index (χ4n) is 2.51. The molecule has 1 heterocycles. The molecular formula is C15H30O2. The van der Waals surface area contributed by atoms with Gasteiger partial charge >= 0.3 is 0 Å². The zero-order valence-electron chi connectivity index (χ0n) is 12.0. The first kappa shape index (κ1) is 15.0. The molecule has 0 radical (unpaired) electrons. The van der Waals surface area contributed by atoms with E-state index in [4.69, 9.17) is 9.47 Å². The molecule has 0 aromatic heterocycles. The van der Waals surface area contributed by atoms with Gasteiger partial charge in [0.05, 0.1) is 13.2 Å². The van der Waals surface area contributed by atoms with Crippen LogP contribution in [0.3, 0.4) is 0 Å². The van der Waals surface area contributed by atoms with Crippen LogP contribution in [0.1, 0.15) is 72.1 Å². The summed E-state index contributed by atoms with van der Waals surface area (Å²) in [6, 6.07) is 0. The minimum Gasteiger partial charge on any atom is -0.350 e. The highest BCUT2D eigenvalue weighted by molar-refractivity contribution is 4.76. The maximum absolute atomic E-state index is 5.93. The van der Waals surface area contributed by atoms with Gasteiger partial charge in [-0.2, -0.15) is 0 Å². The lowest BCUT2D eigenvalue weighted by Gasteiger charge is -2.40. The lowest BCUT2D eigenvalue weighted by atomic mass is 9.95. The first-order valence-corrected chi connectivity index (χ1v) is 7.49. The van der Waals surface area contributed by atoms with Crippen LogP contribution in [0.4, 0.5) is 0 Å². The third kappa shape index (κ3) is 4.97. The van der Waals surface area contributed by atoms with Crippen molar-refractivity contribution in [3.8, 4) is 0 Å². The predicted molar refractivity (Wildman–Crippen MR) is 72.1 cm³/mol. The van der Waals surface area contributed by atoms with Crippen LogP contribution in [0.5, 0.6) is 0 Å². The Kier molecular flexibility index (Phi) is 7.14. The van der Waals surface area contributed by atoms with Gasteiger partial charge in [-0.1, -0.05) is 52.9 Å². The maximum Gasteiger partial charge on any atom is 0.170 e. The maximum atomic E-state index is 5.93. The zero-order chi connectivity index (χ0) is 12.6. The first-order valence-electron chi connectivity index (χ1n) is 7.49. The van der Waals surface area contributed by atoms with E-state index in [1.807, 2.05) is 0 Å². The van der Waals surface area contributed by atoms with Crippen molar-refractivity contribution in [3.05, 3.63) is 0 Å². The molecule has 0 spiro atoms. The predicted octanol–water partition coefficient (Wildman–Crippen LogP) is 4.53. The summed E-state index contributed by atoms with van der Waals surface area (Å²) in [5.41, 5.74) is 0. The fraction of sp³-hybridized carbons (Fsp3) is 1.00. The number of unbranched alkanes of at least 4 members (excludes halogenated alkanes) is 5. The molecule has 0 unspecified atom stereocenters. The lowest BCUT2D eigenvalue weighted by molar-refractivity contribution is -0.292. The van der Waals surface area contributed by atoms with E-state index in [1.54, 1.807) is 0 Å². The molecule has 0 saturated carbocycles. The standard InChI is InChI=1S/C15H30O2/c1-4-5-6-7-8-9-11-15(14(2)3)16-12-10-13-17-15/h14H,4-13H2,1-3H3. The Morgan fingerprint density at radius 2 is 1.53 bits per heavy atom. The number of hydrogen-bond acceptors (Lipinski definition) is 2. The molecule has 1 aliphatic rings. The molecule has 2 heteroatoms. The Morgan fingerprint density at radius 3 is 2.12 bits per heavy atom. The molecule has 0 atom stereocenters. The van der Waals surface area contributed by atoms with Crippen LogP contribution in [-0.4, -0.2) is 19.0 Å². The van der Waals surface area contributed by atoms with Crippen molar-refractivity contribution in [2.24, 2.45) is 5.92 Å². The second-order valence-corrected chi connectivity index (χ2v) is 5.53. The monoisotopic (exact) mass is 242 g/mol. The van der Waals surface area contributed by atoms with Gasteiger partial charge in [0.15, 0.2) is 5.79 Å². The Labute approximate surface area is 107 Å². The van der Waals surface area contributed by atoms with Gasteiger partial charge in [0.25, 0.3) is 0 Å². The van der Waals surface area contributed by atoms with Crippen LogP contribution >= 0.6 is 0 Å². The Balaban J connectivity index is 2.20. The summed E-state index contributed by atoms with van der Waals surface area (Å²) in [6.07, 6.45) is 10.1. The summed E-state index contributed by atoms with van der Waals surface area (Å²) in [6.45, 7) is 8.42. The van der Waals surface area contributed by atoms with Gasteiger partial charge in [-0.3, -0.25) is 0 Å². The molecule has 0 aliphatic carbocycles. The van der Waals surface area contributed by atoms with Crippen molar-refractivity contribution >= 4 is 0 Å². The topological polar surface area (TPSA) is 18.5 Å². The number of hydrogen-bond donors (Lipinski definition) is 0. The summed E-state index contributed by atoms with van der Waals surface area (Å²) in [7, 11) is 0. The summed E-state index contributed by atoms with van der Waals surface area (Å²) in [5, 5.41) is 0. The van der Waals surface area contributed by atoms with Crippen LogP contribution in [0.25, 0.3) is 0 Å². The van der Waals surface area contributed by atoms with E-state index < -0.39 is 0 Å². The third-order valence-corrected chi connectivity index (χ3v) is 3.74. The largest absolute Gasteiger partial charge is 0.350 e. The molecule has 0 N–H and O–H groups in total. The van der Waals surface area contributed by atoms with E-state index in [0.717, 1.165) is 26.1 Å². The lowest BCUT2D eigenvalue weighted by Crippen LogP contribution is -2.45. The van der Waals surface area contributed by atoms with Gasteiger partial charge in [0.1, 0.15) is 0 Å². The summed E-state index contributed by atoms with van der Waals surface area (Å²) < 4.78 is 11.9. The van der Waals surface area contributed by atoms with Crippen molar-refractivity contribution in [2.75, 3.05) is 13.2 Å². The van der Waals surface area contributed by atoms with Crippen LogP contribution < -0.4 is 0 Å². The highest BCUT2D eigenvalue weighted by atomic mass is 16.7. The van der Waals surface area contributed by atoms with Gasteiger partial charge in [-0.05, 0) is 12.8 Å². The SMILES string of the molecule is CCCCCCCCC1(C(C)C)OCCCO1. The average Bonchev–Trinajstić information content (AvgIpc) is 2.34. The van der Waals surface area contributed by atoms with E-state index in [-0.39, 0.29) is 5.79 Å². The molecule has 0 amide bonds. The zero-order valence-corrected chi connectivity index (χ0v) is 12.0. The highest BCUT2D eigenvalue weighted by Gasteiger charge is 2.37. The molecule has 1 saturated heterocycles. The molecule has 2 nitrogen and oxygen atoms in total. The second kappa shape index (κ2) is 8.10. The van der Waals surface area contributed by atoms with Crippen molar-refractivity contribution in [3.63, 3.8) is 0 Å². The Morgan fingerprint density at radius 1 is 0.941 bits per heavy atom. The molecule has 0 bridgehead atoms. The van der Waals surface area contributed by atoms with Crippen molar-refractivity contribution < 1.29 is 9.47 Å². The molecule has 1 rings (SSSR count). The van der Waals surface area contributed by atoms with Crippen LogP contribution in [0.2, 0.25) is 0 Å². The summed E-state index contributed by atoms with van der Waals surface area (Å²) in [4.78, 5) is 0. The van der Waals surface area contributed by atoms with Crippen LogP contribution in [0, 0.1) is 5.92 Å². The third-order valence-electron chi connectivity index (χ3n) is 3.74. The fourth-order valence-corrected chi connectivity index (χ4v) is 2.51. The van der Waals surface area contributed by atoms with Gasteiger partial charge in [-0.15, -0.1) is 0 Å². The molecule has 102 valence electrons. The van der Waals surface area contributed by atoms with E-state index in [0.29, 0.717) is 5.92 Å². The Hall–Kier alpha value is -0.0800. The normalized spacial score (nSPS) is 19.8. The van der Waals surface area contributed by atoms with Crippen molar-refractivity contribution in [1.29, 1.82) is 0 Å². The average molecular weight is 242 g/mol. The van der Waals surface area contributed by atoms with E-state index in [1.165, 1.54) is 38.5 Å². The van der Waals surface area contributed by atoms with Crippen molar-refractivity contribution in [2.45, 2.75) is 77.9 Å². The van der Waals surface area contributed by atoms with Gasteiger partial charge in [0.2, 0.25) is 0 Å². The molecule has 1 aliphatic heterocycles. The summed E-state index contributed by atoms with van der Waals surface area (Å²) in [5.74, 6) is 0.182. The highest BCUT2D eigenvalue weighted by Crippen LogP contribution is 2.32. The second-order valence-electron chi connectivity index (χ2n) is 5.53. The molecular weight excluding hydrogens is 212 g/mol. The quantitative estimate of drug-likeness (QED) is 0.582. The Bertz CT molecular complexity index is 183. The minimum absolute atomic E-state index is 0.275. The summed E-state index contributed by atoms with van der Waals surface area (Å²) >= 11 is 0. The minimum atomic E-state index is -0.275. The van der Waals surface area contributed by atoms with E-state index in [2.05, 4.69) is 20.8 Å². The van der Waals surface area contributed by atoms with Gasteiger partial charge in [0, 0.05) is 12.3 Å². The van der Waals surface area contributed by atoms with Crippen LogP contribution in [-0.2, 0) is 9.47 Å². The van der Waals surface area contributed by atoms with Gasteiger partial charge in [-0.25, -0.2) is 0 Å². The number of rotatable bonds is 8. The van der Waals surface area contributed by atoms with E-state index in [9.17, 15) is 0 Å². The van der Waals surface area contributed by atoms with Crippen LogP contribution in [0.15, 0.2) is 0 Å². The molecule has 0 aromatic carbocycles. The number of ether oxygens (including phenoxy) is 2. The molecule has 17 heavy (non-hydrogen) atoms. The van der Waals surface area contributed by atoms with E-state index >= 15 is 0 Å². The smallest absolute Gasteiger partial charge is 0.170 e. The molecule has 1 fully saturated rings. The van der Waals surface area contributed by atoms with Crippen molar-refractivity contribution in [1.82, 2.24) is 0 Å².